The first-order chi connectivity index (χ1) is 5.43. The normalized spacial score (nSPS) is 26.1. The minimum absolute atomic E-state index is 0.676. The Labute approximate surface area is 69.9 Å². The van der Waals surface area contributed by atoms with E-state index in [1.54, 1.807) is 0 Å². The molecule has 0 spiro atoms. The Balaban J connectivity index is 2.13. The summed E-state index contributed by atoms with van der Waals surface area (Å²) in [6.07, 6.45) is 11.2. The molecule has 1 saturated heterocycles. The molecule has 0 saturated carbocycles. The standard InChI is InChI=1S/C10H19N/c1-2-3-4-7-10-8-5-6-9-11-10/h4,7,10-11H,2-3,5-6,8-9H2,1H3. The minimum Gasteiger partial charge on any atom is -0.311 e. The van der Waals surface area contributed by atoms with Crippen LogP contribution < -0.4 is 5.32 Å². The topological polar surface area (TPSA) is 12.0 Å². The Morgan fingerprint density at radius 2 is 2.36 bits per heavy atom. The summed E-state index contributed by atoms with van der Waals surface area (Å²) in [4.78, 5) is 0. The van der Waals surface area contributed by atoms with E-state index in [9.17, 15) is 0 Å². The molecule has 1 rings (SSSR count). The summed E-state index contributed by atoms with van der Waals surface area (Å²) >= 11 is 0. The average molecular weight is 153 g/mol. The predicted molar refractivity (Wildman–Crippen MR) is 49.7 cm³/mol. The summed E-state index contributed by atoms with van der Waals surface area (Å²) in [5.74, 6) is 0. The van der Waals surface area contributed by atoms with Crippen molar-refractivity contribution in [1.29, 1.82) is 0 Å². The largest absolute Gasteiger partial charge is 0.311 e. The van der Waals surface area contributed by atoms with Crippen molar-refractivity contribution in [2.45, 2.75) is 45.1 Å². The van der Waals surface area contributed by atoms with E-state index in [4.69, 9.17) is 0 Å². The van der Waals surface area contributed by atoms with Crippen LogP contribution in [0.2, 0.25) is 0 Å². The highest BCUT2D eigenvalue weighted by Crippen LogP contribution is 2.08. The van der Waals surface area contributed by atoms with Gasteiger partial charge in [0.1, 0.15) is 0 Å². The molecule has 0 aromatic rings. The highest BCUT2D eigenvalue weighted by molar-refractivity contribution is 4.94. The van der Waals surface area contributed by atoms with E-state index in [0.717, 1.165) is 0 Å². The molecular formula is C10H19N. The van der Waals surface area contributed by atoms with Crippen molar-refractivity contribution >= 4 is 0 Å². The van der Waals surface area contributed by atoms with Crippen LogP contribution in [0, 0.1) is 0 Å². The number of allylic oxidation sites excluding steroid dienone is 1. The van der Waals surface area contributed by atoms with Gasteiger partial charge in [-0.2, -0.15) is 0 Å². The van der Waals surface area contributed by atoms with Crippen molar-refractivity contribution in [3.05, 3.63) is 12.2 Å². The first-order valence-corrected chi connectivity index (χ1v) is 4.83. The van der Waals surface area contributed by atoms with Crippen LogP contribution in [0.15, 0.2) is 12.2 Å². The number of hydrogen-bond acceptors (Lipinski definition) is 1. The van der Waals surface area contributed by atoms with Crippen LogP contribution in [0.25, 0.3) is 0 Å². The lowest BCUT2D eigenvalue weighted by atomic mass is 10.0. The number of nitrogens with one attached hydrogen (secondary N) is 1. The van der Waals surface area contributed by atoms with Crippen LogP contribution in [0.1, 0.15) is 39.0 Å². The van der Waals surface area contributed by atoms with Gasteiger partial charge in [-0.3, -0.25) is 0 Å². The van der Waals surface area contributed by atoms with Gasteiger partial charge in [-0.25, -0.2) is 0 Å². The Morgan fingerprint density at radius 1 is 1.45 bits per heavy atom. The quantitative estimate of drug-likeness (QED) is 0.614. The highest BCUT2D eigenvalue weighted by Gasteiger charge is 2.07. The molecule has 64 valence electrons. The molecule has 0 aromatic carbocycles. The minimum atomic E-state index is 0.676. The number of hydrogen-bond donors (Lipinski definition) is 1. The van der Waals surface area contributed by atoms with E-state index in [1.165, 1.54) is 38.6 Å². The van der Waals surface area contributed by atoms with Crippen LogP contribution in [0.5, 0.6) is 0 Å². The molecule has 0 aromatic heterocycles. The maximum Gasteiger partial charge on any atom is 0.0250 e. The SMILES string of the molecule is CCCC=CC1CCCCN1. The van der Waals surface area contributed by atoms with Gasteiger partial charge in [0.15, 0.2) is 0 Å². The van der Waals surface area contributed by atoms with E-state index in [-0.39, 0.29) is 0 Å². The zero-order valence-electron chi connectivity index (χ0n) is 7.47. The summed E-state index contributed by atoms with van der Waals surface area (Å²) in [6.45, 7) is 3.43. The second-order valence-corrected chi connectivity index (χ2v) is 3.27. The third-order valence-electron chi connectivity index (χ3n) is 2.17. The predicted octanol–water partition coefficient (Wildman–Crippen LogP) is 2.48. The second kappa shape index (κ2) is 5.36. The van der Waals surface area contributed by atoms with E-state index in [2.05, 4.69) is 24.4 Å². The van der Waals surface area contributed by atoms with Crippen molar-refractivity contribution in [1.82, 2.24) is 5.32 Å². The molecule has 1 N–H and O–H groups in total. The smallest absolute Gasteiger partial charge is 0.0250 e. The molecule has 11 heavy (non-hydrogen) atoms. The third kappa shape index (κ3) is 3.57. The summed E-state index contributed by atoms with van der Waals surface area (Å²) in [6, 6.07) is 0.676. The molecule has 1 aliphatic heterocycles. The lowest BCUT2D eigenvalue weighted by Gasteiger charge is -2.19. The monoisotopic (exact) mass is 153 g/mol. The molecule has 1 aliphatic rings. The van der Waals surface area contributed by atoms with Gasteiger partial charge in [0, 0.05) is 6.04 Å². The van der Waals surface area contributed by atoms with Gasteiger partial charge in [-0.15, -0.1) is 0 Å². The second-order valence-electron chi connectivity index (χ2n) is 3.27. The fourth-order valence-corrected chi connectivity index (χ4v) is 1.47. The van der Waals surface area contributed by atoms with Gasteiger partial charge >= 0.3 is 0 Å². The van der Waals surface area contributed by atoms with E-state index in [1.807, 2.05) is 0 Å². The van der Waals surface area contributed by atoms with Gasteiger partial charge in [0.25, 0.3) is 0 Å². The van der Waals surface area contributed by atoms with Gasteiger partial charge in [-0.1, -0.05) is 31.9 Å². The Kier molecular flexibility index (Phi) is 4.29. The van der Waals surface area contributed by atoms with Crippen molar-refractivity contribution in [2.75, 3.05) is 6.54 Å². The Bertz CT molecular complexity index is 112. The summed E-state index contributed by atoms with van der Waals surface area (Å²) in [7, 11) is 0. The molecule has 1 fully saturated rings. The molecule has 1 heteroatoms. The maximum absolute atomic E-state index is 3.49. The van der Waals surface area contributed by atoms with E-state index < -0.39 is 0 Å². The molecule has 1 atom stereocenters. The summed E-state index contributed by atoms with van der Waals surface area (Å²) < 4.78 is 0. The van der Waals surface area contributed by atoms with E-state index >= 15 is 0 Å². The van der Waals surface area contributed by atoms with Crippen LogP contribution in [-0.2, 0) is 0 Å². The molecular weight excluding hydrogens is 134 g/mol. The summed E-state index contributed by atoms with van der Waals surface area (Å²) in [5.41, 5.74) is 0. The number of unbranched alkanes of at least 4 members (excludes halogenated alkanes) is 1. The number of piperidine rings is 1. The van der Waals surface area contributed by atoms with Crippen LogP contribution in [0.4, 0.5) is 0 Å². The fraction of sp³-hybridized carbons (Fsp3) is 0.800. The van der Waals surface area contributed by atoms with E-state index in [0.29, 0.717) is 6.04 Å². The highest BCUT2D eigenvalue weighted by atomic mass is 14.9. The molecule has 0 aliphatic carbocycles. The van der Waals surface area contributed by atoms with Gasteiger partial charge in [0.05, 0.1) is 0 Å². The van der Waals surface area contributed by atoms with Crippen molar-refractivity contribution < 1.29 is 0 Å². The Hall–Kier alpha value is -0.300. The fourth-order valence-electron chi connectivity index (χ4n) is 1.47. The molecule has 1 nitrogen and oxygen atoms in total. The van der Waals surface area contributed by atoms with Crippen molar-refractivity contribution in [3.63, 3.8) is 0 Å². The average Bonchev–Trinajstić information content (AvgIpc) is 2.07. The molecule has 0 bridgehead atoms. The number of rotatable bonds is 3. The zero-order chi connectivity index (χ0) is 7.94. The van der Waals surface area contributed by atoms with Crippen molar-refractivity contribution in [3.8, 4) is 0 Å². The van der Waals surface area contributed by atoms with Crippen LogP contribution in [0.3, 0.4) is 0 Å². The molecule has 0 amide bonds. The third-order valence-corrected chi connectivity index (χ3v) is 2.17. The zero-order valence-corrected chi connectivity index (χ0v) is 7.47. The van der Waals surface area contributed by atoms with Crippen LogP contribution in [-0.4, -0.2) is 12.6 Å². The van der Waals surface area contributed by atoms with Gasteiger partial charge in [-0.05, 0) is 25.8 Å². The van der Waals surface area contributed by atoms with Crippen molar-refractivity contribution in [2.24, 2.45) is 0 Å². The lowest BCUT2D eigenvalue weighted by Crippen LogP contribution is -2.32. The van der Waals surface area contributed by atoms with Crippen LogP contribution >= 0.6 is 0 Å². The lowest BCUT2D eigenvalue weighted by molar-refractivity contribution is 0.454. The molecule has 1 heterocycles. The maximum atomic E-state index is 3.49. The van der Waals surface area contributed by atoms with Gasteiger partial charge in [0.2, 0.25) is 0 Å². The van der Waals surface area contributed by atoms with Gasteiger partial charge < -0.3 is 5.32 Å². The first kappa shape index (κ1) is 8.79. The Morgan fingerprint density at radius 3 is 3.00 bits per heavy atom. The molecule has 0 radical (unpaired) electrons. The summed E-state index contributed by atoms with van der Waals surface area (Å²) in [5, 5.41) is 3.49. The first-order valence-electron chi connectivity index (χ1n) is 4.83. The molecule has 1 unspecified atom stereocenters.